The lowest BCUT2D eigenvalue weighted by molar-refractivity contribution is -0.125. The molecule has 1 heterocycles. The number of nitrogens with one attached hydrogen (secondary N) is 2. The Labute approximate surface area is 153 Å². The second-order valence-electron chi connectivity index (χ2n) is 6.21. The maximum Gasteiger partial charge on any atom is 0.239 e. The van der Waals surface area contributed by atoms with Gasteiger partial charge < -0.3 is 15.2 Å². The fraction of sp³-hybridized carbons (Fsp3) is 0.238. The van der Waals surface area contributed by atoms with Gasteiger partial charge in [0.2, 0.25) is 11.8 Å². The van der Waals surface area contributed by atoms with E-state index in [1.807, 2.05) is 42.5 Å². The number of aromatic nitrogens is 1. The third kappa shape index (κ3) is 4.96. The van der Waals surface area contributed by atoms with Gasteiger partial charge in [0.05, 0.1) is 13.0 Å². The summed E-state index contributed by atoms with van der Waals surface area (Å²) in [5, 5.41) is 6.72. The van der Waals surface area contributed by atoms with E-state index < -0.39 is 0 Å². The van der Waals surface area contributed by atoms with Crippen LogP contribution in [0.5, 0.6) is 0 Å². The molecule has 26 heavy (non-hydrogen) atoms. The quantitative estimate of drug-likeness (QED) is 0.614. The van der Waals surface area contributed by atoms with Crippen LogP contribution in [0.25, 0.3) is 10.9 Å². The van der Waals surface area contributed by atoms with Gasteiger partial charge in [-0.05, 0) is 29.5 Å². The topological polar surface area (TPSA) is 63.1 Å². The van der Waals surface area contributed by atoms with E-state index in [0.717, 1.165) is 18.5 Å². The number of amides is 2. The summed E-state index contributed by atoms with van der Waals surface area (Å²) in [5.41, 5.74) is 2.14. The molecule has 5 heteroatoms. The van der Waals surface area contributed by atoms with Gasteiger partial charge >= 0.3 is 0 Å². The lowest BCUT2D eigenvalue weighted by atomic mass is 10.1. The minimum atomic E-state index is -0.163. The van der Waals surface area contributed by atoms with Crippen molar-refractivity contribution in [1.82, 2.24) is 15.2 Å². The molecule has 0 aliphatic rings. The highest BCUT2D eigenvalue weighted by molar-refractivity contribution is 5.85. The van der Waals surface area contributed by atoms with Crippen LogP contribution in [0.2, 0.25) is 0 Å². The van der Waals surface area contributed by atoms with Crippen molar-refractivity contribution < 1.29 is 9.59 Å². The summed E-state index contributed by atoms with van der Waals surface area (Å²) in [6, 6.07) is 19.8. The zero-order valence-electron chi connectivity index (χ0n) is 14.7. The van der Waals surface area contributed by atoms with Crippen LogP contribution in [0.1, 0.15) is 12.0 Å². The smallest absolute Gasteiger partial charge is 0.239 e. The molecule has 2 aromatic carbocycles. The first-order valence-corrected chi connectivity index (χ1v) is 8.83. The Morgan fingerprint density at radius 3 is 2.46 bits per heavy atom. The summed E-state index contributed by atoms with van der Waals surface area (Å²) in [5.74, 6) is -0.311. The van der Waals surface area contributed by atoms with Gasteiger partial charge in [-0.25, -0.2) is 0 Å². The summed E-state index contributed by atoms with van der Waals surface area (Å²) in [6.45, 7) is 1.44. The highest BCUT2D eigenvalue weighted by Crippen LogP contribution is 2.15. The Morgan fingerprint density at radius 1 is 0.846 bits per heavy atom. The van der Waals surface area contributed by atoms with Crippen molar-refractivity contribution in [1.29, 1.82) is 0 Å². The third-order valence-corrected chi connectivity index (χ3v) is 4.23. The molecule has 0 radical (unpaired) electrons. The standard InChI is InChI=1S/C21H23N3O2/c25-20(15-17-7-2-1-3-8-17)23-16-21(26)22-12-6-13-24-14-11-18-9-4-5-10-19(18)24/h1-5,7-11,14H,6,12-13,15-16H2,(H,22,26)(H,23,25). The lowest BCUT2D eigenvalue weighted by Gasteiger charge is -2.08. The number of aryl methyl sites for hydroxylation is 1. The molecule has 0 saturated heterocycles. The zero-order valence-corrected chi connectivity index (χ0v) is 14.7. The molecule has 2 amide bonds. The van der Waals surface area contributed by atoms with E-state index in [-0.39, 0.29) is 24.8 Å². The molecule has 0 unspecified atom stereocenters. The van der Waals surface area contributed by atoms with Crippen LogP contribution >= 0.6 is 0 Å². The molecule has 0 spiro atoms. The zero-order chi connectivity index (χ0) is 18.2. The highest BCUT2D eigenvalue weighted by Gasteiger charge is 2.06. The Hall–Kier alpha value is -3.08. The first-order valence-electron chi connectivity index (χ1n) is 8.83. The van der Waals surface area contributed by atoms with Crippen molar-refractivity contribution in [3.63, 3.8) is 0 Å². The first kappa shape index (κ1) is 17.7. The maximum atomic E-state index is 11.8. The molecular formula is C21H23N3O2. The molecule has 0 saturated carbocycles. The van der Waals surface area contributed by atoms with Crippen molar-refractivity contribution in [3.05, 3.63) is 72.4 Å². The molecular weight excluding hydrogens is 326 g/mol. The van der Waals surface area contributed by atoms with E-state index in [0.29, 0.717) is 6.54 Å². The SMILES string of the molecule is O=C(CNC(=O)Cc1ccccc1)NCCCn1ccc2ccccc21. The lowest BCUT2D eigenvalue weighted by Crippen LogP contribution is -2.38. The van der Waals surface area contributed by atoms with E-state index in [2.05, 4.69) is 39.6 Å². The highest BCUT2D eigenvalue weighted by atomic mass is 16.2. The van der Waals surface area contributed by atoms with E-state index in [9.17, 15) is 9.59 Å². The van der Waals surface area contributed by atoms with Gasteiger partial charge in [-0.15, -0.1) is 0 Å². The molecule has 3 aromatic rings. The van der Waals surface area contributed by atoms with Gasteiger partial charge in [-0.2, -0.15) is 0 Å². The largest absolute Gasteiger partial charge is 0.355 e. The Bertz CT molecular complexity index is 871. The average molecular weight is 349 g/mol. The summed E-state index contributed by atoms with van der Waals surface area (Å²) in [4.78, 5) is 23.7. The number of nitrogens with zero attached hydrogens (tertiary/aromatic N) is 1. The molecule has 3 rings (SSSR count). The van der Waals surface area contributed by atoms with E-state index in [1.165, 1.54) is 10.9 Å². The Morgan fingerprint density at radius 2 is 1.62 bits per heavy atom. The number of hydrogen-bond donors (Lipinski definition) is 2. The van der Waals surface area contributed by atoms with Crippen LogP contribution in [0.4, 0.5) is 0 Å². The van der Waals surface area contributed by atoms with Gasteiger partial charge in [-0.1, -0.05) is 48.5 Å². The molecule has 0 fully saturated rings. The fourth-order valence-electron chi connectivity index (χ4n) is 2.90. The molecule has 134 valence electrons. The number of carbonyl (C=O) groups is 2. The van der Waals surface area contributed by atoms with E-state index in [4.69, 9.17) is 0 Å². The van der Waals surface area contributed by atoms with Crippen LogP contribution in [0.3, 0.4) is 0 Å². The summed E-state index contributed by atoms with van der Waals surface area (Å²) < 4.78 is 2.18. The number of benzene rings is 2. The first-order chi connectivity index (χ1) is 12.7. The normalized spacial score (nSPS) is 10.6. The van der Waals surface area contributed by atoms with Gasteiger partial charge in [0.1, 0.15) is 0 Å². The van der Waals surface area contributed by atoms with Crippen LogP contribution in [0.15, 0.2) is 66.9 Å². The fourth-order valence-corrected chi connectivity index (χ4v) is 2.90. The molecule has 1 aromatic heterocycles. The number of fused-ring (bicyclic) bond motifs is 1. The monoisotopic (exact) mass is 349 g/mol. The second-order valence-corrected chi connectivity index (χ2v) is 6.21. The maximum absolute atomic E-state index is 11.8. The van der Waals surface area contributed by atoms with Crippen molar-refractivity contribution in [2.75, 3.05) is 13.1 Å². The second kappa shape index (κ2) is 8.85. The van der Waals surface area contributed by atoms with E-state index in [1.54, 1.807) is 0 Å². The van der Waals surface area contributed by atoms with Crippen molar-refractivity contribution in [2.24, 2.45) is 0 Å². The molecule has 0 aliphatic heterocycles. The molecule has 2 N–H and O–H groups in total. The summed E-state index contributed by atoms with van der Waals surface area (Å²) in [7, 11) is 0. The molecule has 0 bridgehead atoms. The number of rotatable bonds is 8. The minimum Gasteiger partial charge on any atom is -0.355 e. The minimum absolute atomic E-state index is 0.0120. The predicted molar refractivity (Wildman–Crippen MR) is 103 cm³/mol. The van der Waals surface area contributed by atoms with Crippen LogP contribution < -0.4 is 10.6 Å². The van der Waals surface area contributed by atoms with E-state index >= 15 is 0 Å². The van der Waals surface area contributed by atoms with Crippen LogP contribution in [0, 0.1) is 0 Å². The average Bonchev–Trinajstić information content (AvgIpc) is 3.08. The Balaban J connectivity index is 1.33. The van der Waals surface area contributed by atoms with Crippen molar-refractivity contribution in [3.8, 4) is 0 Å². The van der Waals surface area contributed by atoms with Crippen LogP contribution in [-0.4, -0.2) is 29.5 Å². The van der Waals surface area contributed by atoms with Gasteiger partial charge in [0.25, 0.3) is 0 Å². The number of hydrogen-bond acceptors (Lipinski definition) is 2. The summed E-state index contributed by atoms with van der Waals surface area (Å²) in [6.07, 6.45) is 3.19. The number of para-hydroxylation sites is 1. The molecule has 0 atom stereocenters. The van der Waals surface area contributed by atoms with Gasteiger partial charge in [-0.3, -0.25) is 9.59 Å². The molecule has 0 aliphatic carbocycles. The van der Waals surface area contributed by atoms with Gasteiger partial charge in [0.15, 0.2) is 0 Å². The Kier molecular flexibility index (Phi) is 6.04. The third-order valence-electron chi connectivity index (χ3n) is 4.23. The predicted octanol–water partition coefficient (Wildman–Crippen LogP) is 2.51. The van der Waals surface area contributed by atoms with Crippen molar-refractivity contribution in [2.45, 2.75) is 19.4 Å². The van der Waals surface area contributed by atoms with Gasteiger partial charge in [0, 0.05) is 24.8 Å². The van der Waals surface area contributed by atoms with Crippen molar-refractivity contribution >= 4 is 22.7 Å². The molecule has 5 nitrogen and oxygen atoms in total. The number of carbonyl (C=O) groups excluding carboxylic acids is 2. The summed E-state index contributed by atoms with van der Waals surface area (Å²) >= 11 is 0. The van der Waals surface area contributed by atoms with Crippen LogP contribution in [-0.2, 0) is 22.6 Å².